The maximum Gasteiger partial charge on any atom is 0.226 e. The summed E-state index contributed by atoms with van der Waals surface area (Å²) in [5.41, 5.74) is 1.14. The minimum atomic E-state index is -0.200. The highest BCUT2D eigenvalue weighted by atomic mass is 35.5. The maximum atomic E-state index is 12.6. The number of benzene rings is 1. The third kappa shape index (κ3) is 7.43. The van der Waals surface area contributed by atoms with Gasteiger partial charge in [-0.05, 0) is 49.4 Å². The van der Waals surface area contributed by atoms with E-state index in [9.17, 15) is 9.59 Å². The monoisotopic (exact) mass is 493 g/mol. The lowest BCUT2D eigenvalue weighted by Crippen LogP contribution is -2.36. The molecule has 1 aliphatic heterocycles. The topological polar surface area (TPSA) is 78.4 Å². The molecule has 2 aromatic rings. The molecule has 2 amide bonds. The van der Waals surface area contributed by atoms with Crippen molar-refractivity contribution in [2.75, 3.05) is 38.0 Å². The standard InChI is InChI=1S/C22H28ClN5O2S2/c23-18-6-4-17(5-7-18)15-31-22-26-25-21(32-22)24-19(29)8-9-20(30)28-11-1-10-27(12-13-28)14-16-2-3-16/h4-7,16H,1-3,8-15H2,(H,24,25,29). The maximum absolute atomic E-state index is 12.6. The first-order chi connectivity index (χ1) is 15.5. The molecule has 2 aliphatic rings. The molecule has 1 saturated heterocycles. The van der Waals surface area contributed by atoms with Crippen LogP contribution >= 0.6 is 34.7 Å². The summed E-state index contributed by atoms with van der Waals surface area (Å²) in [6.45, 7) is 4.72. The Kier molecular flexibility index (Phi) is 8.40. The number of hydrogen-bond donors (Lipinski definition) is 1. The number of rotatable bonds is 9. The molecule has 2 heterocycles. The van der Waals surface area contributed by atoms with Crippen molar-refractivity contribution in [1.29, 1.82) is 0 Å². The van der Waals surface area contributed by atoms with Gasteiger partial charge in [-0.15, -0.1) is 10.2 Å². The second-order valence-electron chi connectivity index (χ2n) is 8.31. The van der Waals surface area contributed by atoms with Crippen molar-refractivity contribution in [2.45, 2.75) is 42.2 Å². The van der Waals surface area contributed by atoms with Gasteiger partial charge in [0.1, 0.15) is 0 Å². The highest BCUT2D eigenvalue weighted by Gasteiger charge is 2.26. The van der Waals surface area contributed by atoms with Gasteiger partial charge in [-0.2, -0.15) is 0 Å². The lowest BCUT2D eigenvalue weighted by atomic mass is 10.2. The Morgan fingerprint density at radius 2 is 1.91 bits per heavy atom. The Labute approximate surface area is 201 Å². The first kappa shape index (κ1) is 23.5. The summed E-state index contributed by atoms with van der Waals surface area (Å²) in [4.78, 5) is 29.3. The number of nitrogens with zero attached hydrogens (tertiary/aromatic N) is 4. The van der Waals surface area contributed by atoms with E-state index in [1.165, 1.54) is 30.7 Å². The predicted molar refractivity (Wildman–Crippen MR) is 129 cm³/mol. The molecular weight excluding hydrogens is 466 g/mol. The van der Waals surface area contributed by atoms with Crippen LogP contribution in [0, 0.1) is 5.92 Å². The van der Waals surface area contributed by atoms with Crippen LogP contribution in [-0.4, -0.2) is 64.5 Å². The molecule has 0 atom stereocenters. The number of hydrogen-bond acceptors (Lipinski definition) is 7. The number of aromatic nitrogens is 2. The van der Waals surface area contributed by atoms with Crippen LogP contribution < -0.4 is 5.32 Å². The molecule has 0 radical (unpaired) electrons. The fraction of sp³-hybridized carbons (Fsp3) is 0.545. The third-order valence-corrected chi connectivity index (χ3v) is 7.94. The molecule has 1 saturated carbocycles. The Morgan fingerprint density at radius 1 is 1.09 bits per heavy atom. The van der Waals surface area contributed by atoms with Gasteiger partial charge in [0.25, 0.3) is 0 Å². The lowest BCUT2D eigenvalue weighted by molar-refractivity contribution is -0.132. The van der Waals surface area contributed by atoms with Gasteiger partial charge in [0.2, 0.25) is 16.9 Å². The van der Waals surface area contributed by atoms with E-state index in [-0.39, 0.29) is 24.7 Å². The van der Waals surface area contributed by atoms with Crippen LogP contribution in [0.25, 0.3) is 0 Å². The number of carbonyl (C=O) groups excluding carboxylic acids is 2. The zero-order valence-electron chi connectivity index (χ0n) is 18.0. The van der Waals surface area contributed by atoms with Gasteiger partial charge < -0.3 is 15.1 Å². The third-order valence-electron chi connectivity index (χ3n) is 5.65. The minimum absolute atomic E-state index is 0.0601. The molecule has 1 aromatic carbocycles. The van der Waals surface area contributed by atoms with E-state index in [0.717, 1.165) is 54.2 Å². The molecule has 1 aromatic heterocycles. The number of anilines is 1. The summed E-state index contributed by atoms with van der Waals surface area (Å²) in [7, 11) is 0. The van der Waals surface area contributed by atoms with Crippen molar-refractivity contribution in [3.05, 3.63) is 34.9 Å². The second kappa shape index (κ2) is 11.4. The number of halogens is 1. The molecule has 7 nitrogen and oxygen atoms in total. The first-order valence-corrected chi connectivity index (χ1v) is 13.2. The highest BCUT2D eigenvalue weighted by molar-refractivity contribution is 8.00. The van der Waals surface area contributed by atoms with Crippen LogP contribution in [0.3, 0.4) is 0 Å². The van der Waals surface area contributed by atoms with Gasteiger partial charge >= 0.3 is 0 Å². The first-order valence-electron chi connectivity index (χ1n) is 11.1. The summed E-state index contributed by atoms with van der Waals surface area (Å²) in [6.07, 6.45) is 4.10. The zero-order valence-corrected chi connectivity index (χ0v) is 20.4. The van der Waals surface area contributed by atoms with E-state index >= 15 is 0 Å². The van der Waals surface area contributed by atoms with Crippen molar-refractivity contribution in [2.24, 2.45) is 5.92 Å². The Hall–Kier alpha value is -1.68. The normalized spacial score (nSPS) is 17.2. The molecule has 10 heteroatoms. The molecule has 32 heavy (non-hydrogen) atoms. The van der Waals surface area contributed by atoms with Crippen LogP contribution in [0.2, 0.25) is 5.02 Å². The number of amides is 2. The Bertz CT molecular complexity index is 919. The summed E-state index contributed by atoms with van der Waals surface area (Å²) < 4.78 is 0.784. The average molecular weight is 494 g/mol. The molecule has 0 bridgehead atoms. The Morgan fingerprint density at radius 3 is 2.69 bits per heavy atom. The van der Waals surface area contributed by atoms with Crippen molar-refractivity contribution in [1.82, 2.24) is 20.0 Å². The van der Waals surface area contributed by atoms with Gasteiger partial charge in [0.15, 0.2) is 4.34 Å². The molecule has 1 aliphatic carbocycles. The zero-order chi connectivity index (χ0) is 22.3. The number of carbonyl (C=O) groups is 2. The number of nitrogens with one attached hydrogen (secondary N) is 1. The highest BCUT2D eigenvalue weighted by Crippen LogP contribution is 2.30. The SMILES string of the molecule is O=C(CCC(=O)N1CCCN(CC2CC2)CC1)Nc1nnc(SCc2ccc(Cl)cc2)s1. The summed E-state index contributed by atoms with van der Waals surface area (Å²) in [5.74, 6) is 1.49. The Balaban J connectivity index is 1.16. The van der Waals surface area contributed by atoms with Crippen LogP contribution in [0.1, 0.15) is 37.7 Å². The fourth-order valence-corrected chi connectivity index (χ4v) is 5.52. The van der Waals surface area contributed by atoms with E-state index < -0.39 is 0 Å². The minimum Gasteiger partial charge on any atom is -0.341 e. The predicted octanol–water partition coefficient (Wildman–Crippen LogP) is 4.15. The van der Waals surface area contributed by atoms with E-state index in [1.807, 2.05) is 29.2 Å². The quantitative estimate of drug-likeness (QED) is 0.417. The average Bonchev–Trinajstić information content (AvgIpc) is 3.55. The summed E-state index contributed by atoms with van der Waals surface area (Å²) in [6, 6.07) is 7.68. The van der Waals surface area contributed by atoms with Crippen molar-refractivity contribution >= 4 is 51.6 Å². The van der Waals surface area contributed by atoms with Crippen LogP contribution in [0.5, 0.6) is 0 Å². The van der Waals surface area contributed by atoms with Gasteiger partial charge in [-0.1, -0.05) is 46.8 Å². The fourth-order valence-electron chi connectivity index (χ4n) is 3.67. The summed E-state index contributed by atoms with van der Waals surface area (Å²) in [5, 5.41) is 12.1. The smallest absolute Gasteiger partial charge is 0.226 e. The number of thioether (sulfide) groups is 1. The van der Waals surface area contributed by atoms with Gasteiger partial charge in [0, 0.05) is 49.8 Å². The molecule has 172 valence electrons. The van der Waals surface area contributed by atoms with Gasteiger partial charge in [-0.25, -0.2) is 0 Å². The second-order valence-corrected chi connectivity index (χ2v) is 11.0. The van der Waals surface area contributed by atoms with E-state index in [4.69, 9.17) is 11.6 Å². The molecule has 4 rings (SSSR count). The van der Waals surface area contributed by atoms with Crippen molar-refractivity contribution < 1.29 is 9.59 Å². The van der Waals surface area contributed by atoms with Crippen molar-refractivity contribution in [3.63, 3.8) is 0 Å². The molecule has 0 spiro atoms. The van der Waals surface area contributed by atoms with E-state index in [1.54, 1.807) is 11.8 Å². The van der Waals surface area contributed by atoms with Gasteiger partial charge in [-0.3, -0.25) is 9.59 Å². The molecule has 0 unspecified atom stereocenters. The van der Waals surface area contributed by atoms with Crippen LogP contribution in [-0.2, 0) is 15.3 Å². The van der Waals surface area contributed by atoms with E-state index in [2.05, 4.69) is 20.4 Å². The molecule has 2 fully saturated rings. The van der Waals surface area contributed by atoms with Crippen LogP contribution in [0.4, 0.5) is 5.13 Å². The largest absolute Gasteiger partial charge is 0.341 e. The summed E-state index contributed by atoms with van der Waals surface area (Å²) >= 11 is 8.81. The van der Waals surface area contributed by atoms with Crippen molar-refractivity contribution in [3.8, 4) is 0 Å². The molecule has 1 N–H and O–H groups in total. The lowest BCUT2D eigenvalue weighted by Gasteiger charge is -2.21. The van der Waals surface area contributed by atoms with E-state index in [0.29, 0.717) is 10.2 Å². The molecular formula is C22H28ClN5O2S2. The van der Waals surface area contributed by atoms with Gasteiger partial charge in [0.05, 0.1) is 0 Å². The van der Waals surface area contributed by atoms with Crippen LogP contribution in [0.15, 0.2) is 28.6 Å².